The lowest BCUT2D eigenvalue weighted by Gasteiger charge is -2.23. The third-order valence-corrected chi connectivity index (χ3v) is 10.2. The summed E-state index contributed by atoms with van der Waals surface area (Å²) in [5.74, 6) is 1.20. The molecule has 0 aromatic rings. The molecule has 0 spiro atoms. The van der Waals surface area contributed by atoms with Gasteiger partial charge in [0.1, 0.15) is 12.3 Å². The molecule has 5 atom stereocenters. The molecule has 5 amide bonds. The molecule has 2 heterocycles. The lowest BCUT2D eigenvalue weighted by molar-refractivity contribution is -0.131. The highest BCUT2D eigenvalue weighted by molar-refractivity contribution is 8.00. The maximum Gasteiger partial charge on any atom is 0.315 e. The number of hydrogen-bond acceptors (Lipinski definition) is 6. The van der Waals surface area contributed by atoms with Crippen LogP contribution in [0.3, 0.4) is 0 Å². The van der Waals surface area contributed by atoms with Crippen LogP contribution in [-0.4, -0.2) is 71.8 Å². The normalized spacial score (nSPS) is 23.7. The van der Waals surface area contributed by atoms with Crippen molar-refractivity contribution >= 4 is 41.8 Å². The summed E-state index contributed by atoms with van der Waals surface area (Å²) in [5, 5.41) is 15.1. The standard InChI is InChI=1S/C31H53N5O5S/c1-21(2)17-24(34-28(39)18-22-11-5-3-4-6-12-22)30(40)33-23(19-37)13-9-10-16-32-27(38)15-8-7-14-26-29-25(20-42-26)35-31(41)36-29/h19,21-26,29H,3-18,20H2,1-2H3,(H,32,38)(H,33,40)(H,34,39)(H2,35,36,41)/t23-,24-,25-,26-,29-/m0/s1. The molecule has 238 valence electrons. The van der Waals surface area contributed by atoms with E-state index in [9.17, 15) is 24.0 Å². The summed E-state index contributed by atoms with van der Waals surface area (Å²) in [6.45, 7) is 4.56. The van der Waals surface area contributed by atoms with Crippen molar-refractivity contribution in [2.24, 2.45) is 11.8 Å². The predicted molar refractivity (Wildman–Crippen MR) is 166 cm³/mol. The van der Waals surface area contributed by atoms with Gasteiger partial charge in [0.2, 0.25) is 17.7 Å². The Kier molecular flexibility index (Phi) is 15.0. The molecule has 3 aliphatic rings. The van der Waals surface area contributed by atoms with E-state index in [4.69, 9.17) is 0 Å². The minimum Gasteiger partial charge on any atom is -0.356 e. The minimum atomic E-state index is -0.646. The Bertz CT molecular complexity index is 895. The quantitative estimate of drug-likeness (QED) is 0.0697. The first-order valence-corrected chi connectivity index (χ1v) is 17.3. The molecule has 0 unspecified atom stereocenters. The number of carbonyl (C=O) groups is 5. The number of fused-ring (bicyclic) bond motifs is 1. The van der Waals surface area contributed by atoms with Gasteiger partial charge in [-0.1, -0.05) is 46.0 Å². The molecule has 1 aliphatic carbocycles. The molecule has 0 aromatic carbocycles. The van der Waals surface area contributed by atoms with Gasteiger partial charge in [0, 0.05) is 30.4 Å². The van der Waals surface area contributed by atoms with Crippen LogP contribution in [0.2, 0.25) is 0 Å². The SMILES string of the molecule is CC(C)C[C@H](NC(=O)CC1CCCCCC1)C(=O)N[C@H](C=O)CCCCNC(=O)CCCC[C@@H]1SC[C@@H]2NC(=O)N[C@@H]21. The van der Waals surface area contributed by atoms with E-state index < -0.39 is 12.1 Å². The van der Waals surface area contributed by atoms with Gasteiger partial charge < -0.3 is 31.4 Å². The Morgan fingerprint density at radius 3 is 2.45 bits per heavy atom. The second kappa shape index (κ2) is 18.4. The molecule has 3 rings (SSSR count). The van der Waals surface area contributed by atoms with Gasteiger partial charge in [-0.3, -0.25) is 14.4 Å². The average Bonchev–Trinajstić information content (AvgIpc) is 3.38. The minimum absolute atomic E-state index is 0.0270. The molecule has 0 radical (unpaired) electrons. The van der Waals surface area contributed by atoms with Crippen molar-refractivity contribution in [1.82, 2.24) is 26.6 Å². The first kappa shape index (κ1) is 34.2. The first-order valence-electron chi connectivity index (χ1n) is 16.3. The van der Waals surface area contributed by atoms with E-state index in [1.54, 1.807) is 0 Å². The number of carbonyl (C=O) groups excluding carboxylic acids is 5. The summed E-state index contributed by atoms with van der Waals surface area (Å²) in [6, 6.07) is -0.907. The van der Waals surface area contributed by atoms with E-state index in [0.717, 1.165) is 44.1 Å². The number of aldehydes is 1. The Morgan fingerprint density at radius 1 is 0.976 bits per heavy atom. The van der Waals surface area contributed by atoms with Crippen LogP contribution in [-0.2, 0) is 19.2 Å². The molecular formula is C31H53N5O5S. The highest BCUT2D eigenvalue weighted by Gasteiger charge is 2.42. The van der Waals surface area contributed by atoms with Gasteiger partial charge in [-0.05, 0) is 63.2 Å². The molecule has 2 aliphatic heterocycles. The molecule has 0 aromatic heterocycles. The van der Waals surface area contributed by atoms with Gasteiger partial charge in [-0.2, -0.15) is 11.8 Å². The van der Waals surface area contributed by atoms with Gasteiger partial charge in [-0.25, -0.2) is 4.79 Å². The Balaban J connectivity index is 1.27. The van der Waals surface area contributed by atoms with Crippen LogP contribution in [0.4, 0.5) is 4.79 Å². The fourth-order valence-corrected chi connectivity index (χ4v) is 7.87. The second-order valence-corrected chi connectivity index (χ2v) is 14.0. The largest absolute Gasteiger partial charge is 0.356 e. The van der Waals surface area contributed by atoms with Crippen LogP contribution in [0.5, 0.6) is 0 Å². The first-order chi connectivity index (χ1) is 20.2. The van der Waals surface area contributed by atoms with Crippen molar-refractivity contribution in [1.29, 1.82) is 0 Å². The number of thioether (sulfide) groups is 1. The highest BCUT2D eigenvalue weighted by atomic mass is 32.2. The van der Waals surface area contributed by atoms with Crippen molar-refractivity contribution in [3.63, 3.8) is 0 Å². The molecule has 2 saturated heterocycles. The van der Waals surface area contributed by atoms with Crippen molar-refractivity contribution < 1.29 is 24.0 Å². The molecule has 42 heavy (non-hydrogen) atoms. The highest BCUT2D eigenvalue weighted by Crippen LogP contribution is 2.33. The Labute approximate surface area is 255 Å². The van der Waals surface area contributed by atoms with E-state index in [2.05, 4.69) is 26.6 Å². The maximum atomic E-state index is 13.0. The predicted octanol–water partition coefficient (Wildman–Crippen LogP) is 3.57. The molecule has 3 fully saturated rings. The number of urea groups is 1. The smallest absolute Gasteiger partial charge is 0.315 e. The Hall–Kier alpha value is -2.30. The van der Waals surface area contributed by atoms with E-state index in [-0.39, 0.29) is 41.8 Å². The zero-order chi connectivity index (χ0) is 30.3. The Morgan fingerprint density at radius 2 is 1.74 bits per heavy atom. The van der Waals surface area contributed by atoms with Gasteiger partial charge >= 0.3 is 6.03 Å². The molecule has 11 heteroatoms. The van der Waals surface area contributed by atoms with Crippen molar-refractivity contribution in [3.05, 3.63) is 0 Å². The van der Waals surface area contributed by atoms with Gasteiger partial charge in [-0.15, -0.1) is 0 Å². The number of hydrogen-bond donors (Lipinski definition) is 5. The van der Waals surface area contributed by atoms with Crippen molar-refractivity contribution in [3.8, 4) is 0 Å². The summed E-state index contributed by atoms with van der Waals surface area (Å²) in [5.41, 5.74) is 0. The summed E-state index contributed by atoms with van der Waals surface area (Å²) in [7, 11) is 0. The molecule has 1 saturated carbocycles. The van der Waals surface area contributed by atoms with E-state index in [1.165, 1.54) is 25.7 Å². The second-order valence-electron chi connectivity index (χ2n) is 12.8. The molecule has 0 bridgehead atoms. The van der Waals surface area contributed by atoms with E-state index >= 15 is 0 Å². The third kappa shape index (κ3) is 12.1. The number of amides is 5. The fraction of sp³-hybridized carbons (Fsp3) is 0.839. The van der Waals surface area contributed by atoms with Crippen molar-refractivity contribution in [2.45, 2.75) is 140 Å². The van der Waals surface area contributed by atoms with Crippen molar-refractivity contribution in [2.75, 3.05) is 12.3 Å². The number of unbranched alkanes of at least 4 members (excludes halogenated alkanes) is 2. The van der Waals surface area contributed by atoms with Crippen LogP contribution in [0.15, 0.2) is 0 Å². The topological polar surface area (TPSA) is 146 Å². The monoisotopic (exact) mass is 607 g/mol. The van der Waals surface area contributed by atoms with Crippen LogP contribution >= 0.6 is 11.8 Å². The van der Waals surface area contributed by atoms with Gasteiger partial charge in [0.25, 0.3) is 0 Å². The summed E-state index contributed by atoms with van der Waals surface area (Å²) in [4.78, 5) is 61.2. The zero-order valence-corrected chi connectivity index (χ0v) is 26.4. The summed E-state index contributed by atoms with van der Waals surface area (Å²) >= 11 is 1.89. The van der Waals surface area contributed by atoms with Gasteiger partial charge in [0.15, 0.2) is 0 Å². The number of rotatable bonds is 18. The van der Waals surface area contributed by atoms with Crippen LogP contribution in [0.1, 0.15) is 110 Å². The lowest BCUT2D eigenvalue weighted by Crippen LogP contribution is -2.50. The average molecular weight is 608 g/mol. The molecule has 10 nitrogen and oxygen atoms in total. The molecule has 5 N–H and O–H groups in total. The molecular weight excluding hydrogens is 554 g/mol. The van der Waals surface area contributed by atoms with Crippen LogP contribution < -0.4 is 26.6 Å². The summed E-state index contributed by atoms with van der Waals surface area (Å²) < 4.78 is 0. The lowest BCUT2D eigenvalue weighted by atomic mass is 9.95. The van der Waals surface area contributed by atoms with E-state index in [1.807, 2.05) is 25.6 Å². The van der Waals surface area contributed by atoms with Crippen LogP contribution in [0, 0.1) is 11.8 Å². The number of nitrogens with one attached hydrogen (secondary N) is 5. The zero-order valence-electron chi connectivity index (χ0n) is 25.6. The van der Waals surface area contributed by atoms with E-state index in [0.29, 0.717) is 56.2 Å². The summed E-state index contributed by atoms with van der Waals surface area (Å²) in [6.07, 6.45) is 13.8. The van der Waals surface area contributed by atoms with Gasteiger partial charge in [0.05, 0.1) is 18.1 Å². The third-order valence-electron chi connectivity index (χ3n) is 8.64. The maximum absolute atomic E-state index is 13.0. The fourth-order valence-electron chi connectivity index (χ4n) is 6.32. The van der Waals surface area contributed by atoms with Crippen LogP contribution in [0.25, 0.3) is 0 Å².